The third-order valence-corrected chi connectivity index (χ3v) is 3.36. The molecular formula is C13H22N6O. The van der Waals surface area contributed by atoms with Gasteiger partial charge in [-0.2, -0.15) is 9.97 Å². The molecule has 2 heterocycles. The topological polar surface area (TPSA) is 79.0 Å². The monoisotopic (exact) mass is 278 g/mol. The average Bonchev–Trinajstić information content (AvgIpc) is 2.84. The van der Waals surface area contributed by atoms with E-state index >= 15 is 0 Å². The van der Waals surface area contributed by atoms with E-state index in [0.717, 1.165) is 12.1 Å². The number of imidazole rings is 1. The van der Waals surface area contributed by atoms with Crippen LogP contribution in [0.5, 0.6) is 5.88 Å². The van der Waals surface area contributed by atoms with Gasteiger partial charge in [0.25, 0.3) is 0 Å². The molecule has 2 aromatic rings. The van der Waals surface area contributed by atoms with Crippen molar-refractivity contribution >= 4 is 17.1 Å². The summed E-state index contributed by atoms with van der Waals surface area (Å²) in [6, 6.07) is 0. The Bertz CT molecular complexity index is 577. The second-order valence-electron chi connectivity index (χ2n) is 5.48. The van der Waals surface area contributed by atoms with Crippen molar-refractivity contribution in [3.05, 3.63) is 6.33 Å². The van der Waals surface area contributed by atoms with Crippen LogP contribution < -0.4 is 10.1 Å². The molecule has 0 bridgehead atoms. The predicted molar refractivity (Wildman–Crippen MR) is 79.1 cm³/mol. The summed E-state index contributed by atoms with van der Waals surface area (Å²) in [6.07, 6.45) is 1.60. The maximum absolute atomic E-state index is 5.89. The summed E-state index contributed by atoms with van der Waals surface area (Å²) in [5.41, 5.74) is 1.24. The van der Waals surface area contributed by atoms with E-state index in [1.165, 1.54) is 0 Å². The molecule has 110 valence electrons. The van der Waals surface area contributed by atoms with Crippen LogP contribution in [0.4, 0.5) is 5.95 Å². The zero-order chi connectivity index (χ0) is 14.8. The molecule has 0 saturated carbocycles. The molecule has 20 heavy (non-hydrogen) atoms. The van der Waals surface area contributed by atoms with Crippen LogP contribution in [-0.2, 0) is 0 Å². The molecule has 0 spiro atoms. The van der Waals surface area contributed by atoms with Crippen LogP contribution >= 0.6 is 0 Å². The lowest BCUT2D eigenvalue weighted by molar-refractivity contribution is 0.112. The van der Waals surface area contributed by atoms with Crippen molar-refractivity contribution in [2.45, 2.75) is 26.3 Å². The molecule has 0 aromatic carbocycles. The first kappa shape index (κ1) is 14.5. The molecule has 2 N–H and O–H groups in total. The molecule has 2 rings (SSSR count). The second-order valence-corrected chi connectivity index (χ2v) is 5.48. The fourth-order valence-electron chi connectivity index (χ4n) is 1.52. The lowest BCUT2D eigenvalue weighted by Gasteiger charge is -2.31. The van der Waals surface area contributed by atoms with Gasteiger partial charge in [0.2, 0.25) is 11.8 Å². The third-order valence-electron chi connectivity index (χ3n) is 3.36. The molecule has 7 heteroatoms. The average molecular weight is 278 g/mol. The van der Waals surface area contributed by atoms with Gasteiger partial charge in [-0.25, -0.2) is 4.98 Å². The van der Waals surface area contributed by atoms with Gasteiger partial charge in [0.1, 0.15) is 12.1 Å². The summed E-state index contributed by atoms with van der Waals surface area (Å²) >= 11 is 0. The first-order chi connectivity index (χ1) is 9.44. The number of hydrogen-bond acceptors (Lipinski definition) is 6. The second kappa shape index (κ2) is 5.62. The van der Waals surface area contributed by atoms with Crippen LogP contribution in [0, 0.1) is 0 Å². The van der Waals surface area contributed by atoms with Gasteiger partial charge in [0, 0.05) is 12.1 Å². The van der Waals surface area contributed by atoms with Gasteiger partial charge in [-0.1, -0.05) is 0 Å². The predicted octanol–water partition coefficient (Wildman–Crippen LogP) is 1.50. The molecule has 0 saturated heterocycles. The van der Waals surface area contributed by atoms with E-state index in [-0.39, 0.29) is 5.54 Å². The van der Waals surface area contributed by atoms with E-state index < -0.39 is 0 Å². The smallest absolute Gasteiger partial charge is 0.245 e. The summed E-state index contributed by atoms with van der Waals surface area (Å²) in [7, 11) is 4.05. The summed E-state index contributed by atoms with van der Waals surface area (Å²) in [5.74, 6) is 1.06. The van der Waals surface area contributed by atoms with Crippen molar-refractivity contribution in [2.75, 3.05) is 32.6 Å². The first-order valence-electron chi connectivity index (χ1n) is 6.69. The number of aromatic amines is 1. The van der Waals surface area contributed by atoms with E-state index in [1.54, 1.807) is 6.33 Å². The number of rotatable bonds is 6. The summed E-state index contributed by atoms with van der Waals surface area (Å²) in [6.45, 7) is 7.50. The molecule has 0 aliphatic rings. The molecular weight excluding hydrogens is 256 g/mol. The minimum Gasteiger partial charge on any atom is -0.474 e. The fourth-order valence-corrected chi connectivity index (χ4v) is 1.52. The number of fused-ring (bicyclic) bond motifs is 1. The Hall–Kier alpha value is -1.89. The molecule has 2 aromatic heterocycles. The molecule has 0 unspecified atom stereocenters. The normalized spacial score (nSPS) is 12.1. The number of nitrogens with one attached hydrogen (secondary N) is 2. The lowest BCUT2D eigenvalue weighted by atomic mass is 10.1. The Morgan fingerprint density at radius 2 is 2.10 bits per heavy atom. The maximum atomic E-state index is 5.89. The Morgan fingerprint density at radius 1 is 1.35 bits per heavy atom. The number of aromatic nitrogens is 4. The molecule has 7 nitrogen and oxygen atoms in total. The van der Waals surface area contributed by atoms with E-state index in [2.05, 4.69) is 44.0 Å². The number of ether oxygens (including phenoxy) is 1. The number of hydrogen-bond donors (Lipinski definition) is 2. The van der Waals surface area contributed by atoms with Crippen molar-refractivity contribution in [3.8, 4) is 5.88 Å². The largest absolute Gasteiger partial charge is 0.474 e. The SMILES string of the molecule is CCNc1nc(OCC(C)(C)N(C)C)c2[nH]cnc2n1. The minimum absolute atomic E-state index is 0.0877. The van der Waals surface area contributed by atoms with Gasteiger partial charge in [0.15, 0.2) is 5.65 Å². The highest BCUT2D eigenvalue weighted by atomic mass is 16.5. The van der Waals surface area contributed by atoms with Crippen molar-refractivity contribution in [2.24, 2.45) is 0 Å². The van der Waals surface area contributed by atoms with Gasteiger partial charge in [0.05, 0.1) is 6.33 Å². The number of likely N-dealkylation sites (N-methyl/N-ethyl adjacent to an activating group) is 1. The van der Waals surface area contributed by atoms with E-state index in [4.69, 9.17) is 4.74 Å². The standard InChI is InChI=1S/C13H22N6O/c1-6-14-12-17-10-9(15-8-16-10)11(18-12)20-7-13(2,3)19(4)5/h8H,6-7H2,1-5H3,(H2,14,15,16,17,18). The summed E-state index contributed by atoms with van der Waals surface area (Å²) < 4.78 is 5.89. The molecule has 0 aliphatic carbocycles. The zero-order valence-corrected chi connectivity index (χ0v) is 12.7. The summed E-state index contributed by atoms with van der Waals surface area (Å²) in [5, 5.41) is 3.08. The van der Waals surface area contributed by atoms with Crippen molar-refractivity contribution in [1.29, 1.82) is 0 Å². The Morgan fingerprint density at radius 3 is 2.75 bits per heavy atom. The zero-order valence-electron chi connectivity index (χ0n) is 12.7. The van der Waals surface area contributed by atoms with Crippen LogP contribution in [0.2, 0.25) is 0 Å². The van der Waals surface area contributed by atoms with Gasteiger partial charge >= 0.3 is 0 Å². The first-order valence-corrected chi connectivity index (χ1v) is 6.69. The molecule has 0 amide bonds. The molecule has 0 atom stereocenters. The van der Waals surface area contributed by atoms with Gasteiger partial charge in [-0.15, -0.1) is 0 Å². The van der Waals surface area contributed by atoms with Crippen LogP contribution in [-0.4, -0.2) is 57.6 Å². The Balaban J connectivity index is 2.26. The maximum Gasteiger partial charge on any atom is 0.245 e. The van der Waals surface area contributed by atoms with Gasteiger partial charge in [-0.05, 0) is 34.9 Å². The highest BCUT2D eigenvalue weighted by molar-refractivity contribution is 5.76. The number of H-pyrrole nitrogens is 1. The van der Waals surface area contributed by atoms with Crippen molar-refractivity contribution < 1.29 is 4.74 Å². The Kier molecular flexibility index (Phi) is 4.08. The van der Waals surface area contributed by atoms with E-state index in [0.29, 0.717) is 24.1 Å². The lowest BCUT2D eigenvalue weighted by Crippen LogP contribution is -2.43. The molecule has 0 radical (unpaired) electrons. The minimum atomic E-state index is -0.0877. The van der Waals surface area contributed by atoms with Crippen LogP contribution in [0.15, 0.2) is 6.33 Å². The van der Waals surface area contributed by atoms with Crippen LogP contribution in [0.1, 0.15) is 20.8 Å². The third kappa shape index (κ3) is 2.98. The van der Waals surface area contributed by atoms with Crippen molar-refractivity contribution in [1.82, 2.24) is 24.8 Å². The van der Waals surface area contributed by atoms with Crippen LogP contribution in [0.3, 0.4) is 0 Å². The van der Waals surface area contributed by atoms with E-state index in [1.807, 2.05) is 21.0 Å². The number of anilines is 1. The highest BCUT2D eigenvalue weighted by Crippen LogP contribution is 2.22. The molecule has 0 aliphatic heterocycles. The van der Waals surface area contributed by atoms with Gasteiger partial charge < -0.3 is 19.9 Å². The van der Waals surface area contributed by atoms with Crippen molar-refractivity contribution in [3.63, 3.8) is 0 Å². The summed E-state index contributed by atoms with van der Waals surface area (Å²) in [4.78, 5) is 18.0. The molecule has 0 fully saturated rings. The highest BCUT2D eigenvalue weighted by Gasteiger charge is 2.22. The van der Waals surface area contributed by atoms with Crippen LogP contribution in [0.25, 0.3) is 11.2 Å². The number of nitrogens with zero attached hydrogens (tertiary/aromatic N) is 4. The Labute approximate surface area is 118 Å². The fraction of sp³-hybridized carbons (Fsp3) is 0.615. The van der Waals surface area contributed by atoms with E-state index in [9.17, 15) is 0 Å². The quantitative estimate of drug-likeness (QED) is 0.833. The van der Waals surface area contributed by atoms with Gasteiger partial charge in [-0.3, -0.25) is 0 Å².